The molecule has 4 nitrogen and oxygen atoms in total. The van der Waals surface area contributed by atoms with Crippen molar-refractivity contribution in [2.24, 2.45) is 0 Å². The van der Waals surface area contributed by atoms with Gasteiger partial charge in [0.05, 0.1) is 17.0 Å². The molecular formula is C22H33FN2O2S. The summed E-state index contributed by atoms with van der Waals surface area (Å²) < 4.78 is 23.2. The lowest BCUT2D eigenvalue weighted by atomic mass is 9.98. The van der Waals surface area contributed by atoms with Gasteiger partial charge in [0.2, 0.25) is 5.91 Å². The number of carbonyl (C=O) groups is 1. The van der Waals surface area contributed by atoms with Crippen LogP contribution in [0.15, 0.2) is 42.2 Å². The third kappa shape index (κ3) is 7.97. The average molecular weight is 409 g/mol. The van der Waals surface area contributed by atoms with E-state index in [4.69, 9.17) is 4.74 Å². The van der Waals surface area contributed by atoms with Crippen LogP contribution in [0.3, 0.4) is 0 Å². The average Bonchev–Trinajstić information content (AvgIpc) is 2.67. The number of anilines is 1. The highest BCUT2D eigenvalue weighted by Crippen LogP contribution is 2.34. The summed E-state index contributed by atoms with van der Waals surface area (Å²) in [5, 5.41) is 2.84. The molecule has 1 amide bonds. The molecule has 1 aromatic rings. The molecule has 1 unspecified atom stereocenters. The Morgan fingerprint density at radius 3 is 2.71 bits per heavy atom. The van der Waals surface area contributed by atoms with Crippen molar-refractivity contribution in [3.05, 3.63) is 53.6 Å². The molecule has 0 fully saturated rings. The van der Waals surface area contributed by atoms with Gasteiger partial charge in [0.1, 0.15) is 11.6 Å². The van der Waals surface area contributed by atoms with Crippen molar-refractivity contribution in [2.75, 3.05) is 4.72 Å². The largest absolute Gasteiger partial charge is 0.491 e. The van der Waals surface area contributed by atoms with Gasteiger partial charge < -0.3 is 14.8 Å². The summed E-state index contributed by atoms with van der Waals surface area (Å²) in [7, 11) is 0. The second-order valence-electron chi connectivity index (χ2n) is 6.61. The maximum Gasteiger partial charge on any atom is 0.217 e. The van der Waals surface area contributed by atoms with Crippen LogP contribution in [0.5, 0.6) is 0 Å². The summed E-state index contributed by atoms with van der Waals surface area (Å²) in [5.74, 6) is 0.229. The quantitative estimate of drug-likeness (QED) is 0.411. The predicted octanol–water partition coefficient (Wildman–Crippen LogP) is 5.97. The van der Waals surface area contributed by atoms with E-state index in [2.05, 4.69) is 22.7 Å². The lowest BCUT2D eigenvalue weighted by molar-refractivity contribution is -0.119. The fourth-order valence-corrected chi connectivity index (χ4v) is 3.80. The van der Waals surface area contributed by atoms with Crippen LogP contribution in [0.4, 0.5) is 10.1 Å². The van der Waals surface area contributed by atoms with Crippen LogP contribution in [0.1, 0.15) is 59.4 Å². The van der Waals surface area contributed by atoms with Crippen molar-refractivity contribution in [2.45, 2.75) is 71.8 Å². The van der Waals surface area contributed by atoms with E-state index in [0.29, 0.717) is 18.0 Å². The molecule has 156 valence electrons. The lowest BCUT2D eigenvalue weighted by Gasteiger charge is -2.26. The number of amides is 1. The first-order valence-electron chi connectivity index (χ1n) is 9.87. The van der Waals surface area contributed by atoms with Crippen LogP contribution in [0.25, 0.3) is 0 Å². The Bertz CT molecular complexity index is 689. The Balaban J connectivity index is 0.00000190. The summed E-state index contributed by atoms with van der Waals surface area (Å²) in [6.45, 7) is 13.8. The van der Waals surface area contributed by atoms with Crippen molar-refractivity contribution in [3.8, 4) is 0 Å². The van der Waals surface area contributed by atoms with Gasteiger partial charge in [-0.25, -0.2) is 4.39 Å². The van der Waals surface area contributed by atoms with E-state index in [1.54, 1.807) is 12.1 Å². The minimum absolute atomic E-state index is 0.0811. The van der Waals surface area contributed by atoms with E-state index in [9.17, 15) is 9.18 Å². The predicted molar refractivity (Wildman–Crippen MR) is 118 cm³/mol. The summed E-state index contributed by atoms with van der Waals surface area (Å²) in [6.07, 6.45) is 5.35. The highest BCUT2D eigenvalue weighted by Gasteiger charge is 2.22. The Kier molecular flexibility index (Phi) is 10.8. The van der Waals surface area contributed by atoms with E-state index >= 15 is 0 Å². The molecule has 2 rings (SSSR count). The van der Waals surface area contributed by atoms with E-state index in [1.807, 2.05) is 27.7 Å². The summed E-state index contributed by atoms with van der Waals surface area (Å²) >= 11 is 1.48. The molecule has 6 heteroatoms. The first-order chi connectivity index (χ1) is 13.4. The van der Waals surface area contributed by atoms with Gasteiger partial charge in [-0.15, -0.1) is 0 Å². The first-order valence-corrected chi connectivity index (χ1v) is 10.7. The third-order valence-corrected chi connectivity index (χ3v) is 5.08. The summed E-state index contributed by atoms with van der Waals surface area (Å²) in [4.78, 5) is 11.0. The zero-order valence-electron chi connectivity index (χ0n) is 17.6. The number of rotatable bonds is 8. The molecule has 0 aromatic heterocycles. The fourth-order valence-electron chi connectivity index (χ4n) is 2.73. The highest BCUT2D eigenvalue weighted by molar-refractivity contribution is 8.01. The van der Waals surface area contributed by atoms with Crippen LogP contribution < -0.4 is 10.0 Å². The van der Waals surface area contributed by atoms with Gasteiger partial charge in [-0.2, -0.15) is 0 Å². The van der Waals surface area contributed by atoms with Gasteiger partial charge in [0.25, 0.3) is 0 Å². The lowest BCUT2D eigenvalue weighted by Crippen LogP contribution is -2.19. The van der Waals surface area contributed by atoms with Gasteiger partial charge in [0, 0.05) is 19.0 Å². The molecule has 0 saturated carbocycles. The number of hydrogen-bond acceptors (Lipinski definition) is 4. The number of allylic oxidation sites excluding steroid dienone is 2. The normalized spacial score (nSPS) is 15.8. The zero-order valence-corrected chi connectivity index (χ0v) is 18.4. The number of benzene rings is 1. The van der Waals surface area contributed by atoms with Gasteiger partial charge in [-0.1, -0.05) is 32.6 Å². The minimum atomic E-state index is -0.334. The number of halogens is 1. The number of carbonyl (C=O) groups excluding carboxylic acids is 1. The Morgan fingerprint density at radius 1 is 1.39 bits per heavy atom. The van der Waals surface area contributed by atoms with Gasteiger partial charge in [-0.05, 0) is 62.8 Å². The monoisotopic (exact) mass is 408 g/mol. The van der Waals surface area contributed by atoms with Crippen molar-refractivity contribution >= 4 is 23.5 Å². The van der Waals surface area contributed by atoms with Gasteiger partial charge in [0.15, 0.2) is 0 Å². The number of hydrogen-bond donors (Lipinski definition) is 2. The molecule has 0 bridgehead atoms. The topological polar surface area (TPSA) is 50.4 Å². The Morgan fingerprint density at radius 2 is 2.11 bits per heavy atom. The zero-order chi connectivity index (χ0) is 21.1. The van der Waals surface area contributed by atoms with Crippen LogP contribution in [0.2, 0.25) is 0 Å². The third-order valence-electron chi connectivity index (χ3n) is 3.97. The Hall–Kier alpha value is -1.95. The molecule has 1 aliphatic carbocycles. The molecule has 0 heterocycles. The van der Waals surface area contributed by atoms with E-state index < -0.39 is 0 Å². The molecule has 2 N–H and O–H groups in total. The second-order valence-corrected chi connectivity index (χ2v) is 7.62. The highest BCUT2D eigenvalue weighted by atomic mass is 32.2. The molecule has 0 radical (unpaired) electrons. The molecule has 0 saturated heterocycles. The second kappa shape index (κ2) is 12.5. The molecule has 1 aromatic carbocycles. The number of ether oxygens (including phenoxy) is 1. The molecular weight excluding hydrogens is 375 g/mol. The van der Waals surface area contributed by atoms with Gasteiger partial charge >= 0.3 is 0 Å². The first kappa shape index (κ1) is 24.1. The maximum atomic E-state index is 14.3. The smallest absolute Gasteiger partial charge is 0.217 e. The molecule has 1 aliphatic rings. The van der Waals surface area contributed by atoms with E-state index in [1.165, 1.54) is 24.9 Å². The molecule has 0 aliphatic heterocycles. The van der Waals surface area contributed by atoms with E-state index in [-0.39, 0.29) is 23.1 Å². The summed E-state index contributed by atoms with van der Waals surface area (Å²) in [6, 6.07) is 4.95. The van der Waals surface area contributed by atoms with Crippen LogP contribution >= 0.6 is 11.9 Å². The van der Waals surface area contributed by atoms with Crippen molar-refractivity contribution in [1.82, 2.24) is 5.32 Å². The van der Waals surface area contributed by atoms with Crippen molar-refractivity contribution in [3.63, 3.8) is 0 Å². The van der Waals surface area contributed by atoms with Crippen molar-refractivity contribution in [1.29, 1.82) is 0 Å². The SMILES string of the molecule is C=C(OC(C)C)C1=CCCCC1SNc1ccc(CNC(C)=O)cc1F.CC. The maximum absolute atomic E-state index is 14.3. The van der Waals surface area contributed by atoms with E-state index in [0.717, 1.165) is 30.4 Å². The Labute approximate surface area is 173 Å². The van der Waals surface area contributed by atoms with Crippen LogP contribution in [0, 0.1) is 5.82 Å². The molecule has 1 atom stereocenters. The van der Waals surface area contributed by atoms with Crippen LogP contribution in [-0.4, -0.2) is 17.3 Å². The molecule has 28 heavy (non-hydrogen) atoms. The van der Waals surface area contributed by atoms with Gasteiger partial charge in [-0.3, -0.25) is 4.79 Å². The van der Waals surface area contributed by atoms with Crippen molar-refractivity contribution < 1.29 is 13.9 Å². The standard InChI is InChI=1S/C20H27FN2O2S.C2H6/c1-13(2)25-14(3)17-7-5-6-8-20(17)26-23-19-10-9-16(11-18(19)21)12-22-15(4)24;1-2/h7,9-11,13,20,23H,3,5-6,8,12H2,1-2,4H3,(H,22,24);1-2H3. The fraction of sp³-hybridized carbons (Fsp3) is 0.500. The minimum Gasteiger partial charge on any atom is -0.491 e. The van der Waals surface area contributed by atoms with Crippen LogP contribution in [-0.2, 0) is 16.1 Å². The summed E-state index contributed by atoms with van der Waals surface area (Å²) in [5.41, 5.74) is 2.25. The number of nitrogens with one attached hydrogen (secondary N) is 2. The molecule has 0 spiro atoms.